The van der Waals surface area contributed by atoms with E-state index in [1.807, 2.05) is 27.7 Å². The number of ketones is 7. The number of nitrogens with zero attached hydrogens (tertiary/aromatic N) is 16. The molecule has 0 aliphatic rings. The van der Waals surface area contributed by atoms with Gasteiger partial charge in [0.15, 0.2) is 28.9 Å². The van der Waals surface area contributed by atoms with Gasteiger partial charge in [0.05, 0.1) is 102 Å². The number of amides is 14. The normalized spacial score (nSPS) is 11.9. The third-order valence-corrected chi connectivity index (χ3v) is 19.5. The Morgan fingerprint density at radius 1 is 0.298 bits per heavy atom. The molecular weight excluding hydrogens is 1610 g/mol. The van der Waals surface area contributed by atoms with E-state index in [1.54, 1.807) is 88.6 Å². The van der Waals surface area contributed by atoms with Crippen LogP contribution in [-0.2, 0) is 127 Å². The first-order valence-corrected chi connectivity index (χ1v) is 41.5. The molecule has 0 spiro atoms. The van der Waals surface area contributed by atoms with E-state index in [-0.39, 0.29) is 158 Å². The number of likely N-dealkylation sites (N-methyl/N-ethyl adjacent to an activating group) is 10. The number of carbonyl (C=O) groups is 21. The lowest BCUT2D eigenvalue weighted by molar-refractivity contribution is -0.146. The fraction of sp³-hybridized carbons (Fsp3) is 0.699. The van der Waals surface area contributed by atoms with Crippen LogP contribution in [0.4, 0.5) is 0 Å². The number of carbonyl (C=O) groups excluding carboxylic acids is 21. The Morgan fingerprint density at radius 3 is 0.855 bits per heavy atom. The van der Waals surface area contributed by atoms with E-state index in [0.717, 1.165) is 44.1 Å². The van der Waals surface area contributed by atoms with Gasteiger partial charge >= 0.3 is 0 Å². The van der Waals surface area contributed by atoms with Crippen molar-refractivity contribution in [2.24, 2.45) is 35.5 Å². The second-order valence-corrected chi connectivity index (χ2v) is 33.2. The zero-order valence-corrected chi connectivity index (χ0v) is 77.7. The van der Waals surface area contributed by atoms with Gasteiger partial charge in [-0.3, -0.25) is 101 Å². The monoisotopic (exact) mass is 1750 g/mol. The summed E-state index contributed by atoms with van der Waals surface area (Å²) in [6, 6.07) is -2.43. The van der Waals surface area contributed by atoms with Crippen molar-refractivity contribution in [3.8, 4) is 0 Å². The highest BCUT2D eigenvalue weighted by Gasteiger charge is 2.30. The molecule has 0 saturated heterocycles. The number of nitrogens with one attached hydrogen (secondary N) is 4. The molecule has 0 aliphatic carbocycles. The van der Waals surface area contributed by atoms with Crippen LogP contribution in [0, 0.1) is 35.5 Å². The van der Waals surface area contributed by atoms with Gasteiger partial charge in [-0.1, -0.05) is 93.5 Å². The number of hydrogen-bond donors (Lipinski definition) is 4. The molecule has 0 bridgehead atoms. The van der Waals surface area contributed by atoms with Gasteiger partial charge in [0.2, 0.25) is 82.7 Å². The maximum absolute atomic E-state index is 13.0. The molecule has 14 amide bonds. The minimum Gasteiger partial charge on any atom is -0.347 e. The average molecular weight is 1750 g/mol. The van der Waals surface area contributed by atoms with Crippen molar-refractivity contribution in [2.75, 3.05) is 136 Å². The topological polar surface area (TPSA) is 500 Å². The molecule has 2 aromatic rings. The Morgan fingerprint density at radius 2 is 0.565 bits per heavy atom. The quantitative estimate of drug-likeness (QED) is 0.0634. The van der Waals surface area contributed by atoms with Crippen molar-refractivity contribution >= 4 is 123 Å². The summed E-state index contributed by atoms with van der Waals surface area (Å²) < 4.78 is 2.97. The van der Waals surface area contributed by atoms with Crippen LogP contribution in [-0.4, -0.2) is 362 Å². The van der Waals surface area contributed by atoms with Crippen LogP contribution in [0.5, 0.6) is 0 Å². The van der Waals surface area contributed by atoms with Crippen molar-refractivity contribution in [1.82, 2.24) is 100 Å². The predicted octanol–water partition coefficient (Wildman–Crippen LogP) is -0.729. The second kappa shape index (κ2) is 56.3. The molecule has 0 saturated carbocycles. The van der Waals surface area contributed by atoms with Crippen molar-refractivity contribution in [3.05, 3.63) is 23.8 Å². The standard InChI is InChI=1S/C48H81N11O14.C19H31N5O4.C16H26N4O3/c1-32(2)36(61)20-16-18-35(60)19-17-21-38(63)51(7)23-40(65)53(9)25-42(67)55(11)27-44(69)57(13)29-46(71)59(15)31-47(72)58(14)30-45(70)56(12)28-43(68)54(10)26-41(66)52(8)24-39(64)50(6)22-37(62)49-34(5)48(73)33(3)4;1-11(2)18(27)13(5)20-17(26)8-7-15-9-24(23-22-15)10-16(21-14(6)25)19(28)12(3)4;1-10(2)14(21)9-20-8-13(18-19-20)6-7-15(22)17-12(5)16(23)11(3)4/h32-34H,16-31H2,1-15H3,(H,49,62);9,11-13,16H,7-8,10H2,1-6H3,(H,20,26)(H,21,25);8,10-12H,6-7,9H2,1-5H3,(H,17,22)/t;13-,16+;/m.0./s1. The number of aryl methyl sites for hydroxylation is 2. The molecule has 2 aromatic heterocycles. The molecule has 41 nitrogen and oxygen atoms in total. The maximum atomic E-state index is 13.0. The first-order valence-electron chi connectivity index (χ1n) is 41.5. The van der Waals surface area contributed by atoms with E-state index in [1.165, 1.54) is 91.7 Å². The van der Waals surface area contributed by atoms with Crippen LogP contribution in [0.3, 0.4) is 0 Å². The largest absolute Gasteiger partial charge is 0.347 e. The van der Waals surface area contributed by atoms with Gasteiger partial charge in [0, 0.05) is 177 Å². The number of Topliss-reactive ketones (excluding diaryl/α,β-unsaturated/α-hetero) is 7. The van der Waals surface area contributed by atoms with Crippen molar-refractivity contribution in [3.63, 3.8) is 0 Å². The van der Waals surface area contributed by atoms with E-state index >= 15 is 0 Å². The van der Waals surface area contributed by atoms with Gasteiger partial charge in [-0.15, -0.1) is 10.2 Å². The van der Waals surface area contributed by atoms with Gasteiger partial charge in [-0.05, 0) is 33.6 Å². The smallest absolute Gasteiger partial charge is 0.242 e. The lowest BCUT2D eigenvalue weighted by Crippen LogP contribution is -2.49. The van der Waals surface area contributed by atoms with Gasteiger partial charge in [0.25, 0.3) is 0 Å². The SMILES string of the molecule is CC(=O)N[C@H](Cn1cc(CCC(=O)N[C@@H](C)C(=O)C(C)C)nn1)C(=O)C(C)C.CC(C)C(=O)CCCC(=O)CCCC(=O)N(C)CC(=O)N(C)CC(=O)N(C)CC(=O)N(C)CC(=O)N(C)CC(=O)N(C)CC(=O)N(C)CC(=O)N(C)CC(=O)N(C)CC(=O)N(C)CC(=O)NC(C)C(=O)C(C)C.CC(C)C(=O)Cn1cc(CCC(=O)NC(C)C(=O)C(C)C)nn1. The lowest BCUT2D eigenvalue weighted by Gasteiger charge is -2.27. The molecule has 2 rings (SSSR count). The summed E-state index contributed by atoms with van der Waals surface area (Å²) in [6.45, 7) is 23.8. The van der Waals surface area contributed by atoms with Gasteiger partial charge in [-0.2, -0.15) is 0 Å². The molecule has 124 heavy (non-hydrogen) atoms. The minimum atomic E-state index is -0.738. The zero-order valence-electron chi connectivity index (χ0n) is 77.7. The fourth-order valence-corrected chi connectivity index (χ4v) is 11.1. The van der Waals surface area contributed by atoms with Gasteiger partial charge < -0.3 is 70.3 Å². The Labute approximate surface area is 728 Å². The molecule has 4 N–H and O–H groups in total. The summed E-state index contributed by atoms with van der Waals surface area (Å²) in [7, 11) is 13.4. The molecule has 0 aliphatic heterocycles. The summed E-state index contributed by atoms with van der Waals surface area (Å²) >= 11 is 0. The van der Waals surface area contributed by atoms with E-state index in [0.29, 0.717) is 43.5 Å². The molecule has 2 unspecified atom stereocenters. The average Bonchev–Trinajstić information content (AvgIpc) is 1.79. The van der Waals surface area contributed by atoms with Crippen LogP contribution < -0.4 is 21.3 Å². The highest BCUT2D eigenvalue weighted by atomic mass is 16.2. The Bertz CT molecular complexity index is 4020. The Hall–Kier alpha value is -11.4. The fourth-order valence-electron chi connectivity index (χ4n) is 11.1. The van der Waals surface area contributed by atoms with Crippen molar-refractivity contribution in [1.29, 1.82) is 0 Å². The molecule has 41 heteroatoms. The number of aromatic nitrogens is 6. The van der Waals surface area contributed by atoms with Crippen LogP contribution in [0.2, 0.25) is 0 Å². The second-order valence-electron chi connectivity index (χ2n) is 33.2. The molecule has 0 radical (unpaired) electrons. The minimum absolute atomic E-state index is 0.0106. The first-order chi connectivity index (χ1) is 57.4. The molecular formula is C83H138N20O21. The molecule has 696 valence electrons. The Balaban J connectivity index is 0.00000238. The van der Waals surface area contributed by atoms with Gasteiger partial charge in [-0.25, -0.2) is 9.36 Å². The van der Waals surface area contributed by atoms with Crippen molar-refractivity contribution < 1.29 is 101 Å². The summed E-state index contributed by atoms with van der Waals surface area (Å²) in [5.74, 6) is -8.16. The molecule has 0 aromatic carbocycles. The van der Waals surface area contributed by atoms with E-state index < -0.39 is 136 Å². The molecule has 0 fully saturated rings. The van der Waals surface area contributed by atoms with Crippen molar-refractivity contribution in [2.45, 2.75) is 212 Å². The number of rotatable bonds is 52. The highest BCUT2D eigenvalue weighted by molar-refractivity contribution is 5.97. The third kappa shape index (κ3) is 44.6. The van der Waals surface area contributed by atoms with E-state index in [2.05, 4.69) is 41.9 Å². The summed E-state index contributed by atoms with van der Waals surface area (Å²) in [5, 5.41) is 26.4. The van der Waals surface area contributed by atoms with E-state index in [9.17, 15) is 101 Å². The summed E-state index contributed by atoms with van der Waals surface area (Å²) in [4.78, 5) is 270. The van der Waals surface area contributed by atoms with Crippen LogP contribution in [0.1, 0.15) is 174 Å². The Kier molecular flexibility index (Phi) is 51.1. The molecule has 4 atom stereocenters. The first kappa shape index (κ1) is 113. The predicted molar refractivity (Wildman–Crippen MR) is 455 cm³/mol. The number of hydrogen-bond acceptors (Lipinski definition) is 25. The lowest BCUT2D eigenvalue weighted by atomic mass is 10.0. The zero-order chi connectivity index (χ0) is 95.6. The summed E-state index contributed by atoms with van der Waals surface area (Å²) in [6.07, 6.45) is 6.07. The summed E-state index contributed by atoms with van der Waals surface area (Å²) in [5.41, 5.74) is 1.25. The third-order valence-electron chi connectivity index (χ3n) is 19.5. The van der Waals surface area contributed by atoms with Gasteiger partial charge in [0.1, 0.15) is 24.2 Å². The van der Waals surface area contributed by atoms with Crippen LogP contribution in [0.25, 0.3) is 0 Å². The van der Waals surface area contributed by atoms with E-state index in [4.69, 9.17) is 0 Å². The maximum Gasteiger partial charge on any atom is 0.242 e. The highest BCUT2D eigenvalue weighted by Crippen LogP contribution is 2.13. The van der Waals surface area contributed by atoms with Crippen LogP contribution in [0.15, 0.2) is 12.4 Å². The van der Waals surface area contributed by atoms with Crippen LogP contribution >= 0.6 is 0 Å². The molecule has 2 heterocycles.